The summed E-state index contributed by atoms with van der Waals surface area (Å²) in [5.41, 5.74) is -0.00723. The standard InChI is InChI=1S/C25H33FN2O5/c26-22-3-7-24(8-4-22)33-20-25(29)18-28(11-15-31-19-25)17-21-1-5-23(6-2-21)32-16-12-27-9-13-30-14-10-27/h1-8,29H,9-20H2/t25-/m0/s1. The lowest BCUT2D eigenvalue weighted by Gasteiger charge is -2.30. The molecule has 8 heteroatoms. The summed E-state index contributed by atoms with van der Waals surface area (Å²) in [7, 11) is 0. The van der Waals surface area contributed by atoms with Gasteiger partial charge < -0.3 is 24.1 Å². The van der Waals surface area contributed by atoms with Gasteiger partial charge in [0.25, 0.3) is 0 Å². The van der Waals surface area contributed by atoms with Gasteiger partial charge in [-0.3, -0.25) is 9.80 Å². The molecule has 0 radical (unpaired) electrons. The van der Waals surface area contributed by atoms with Gasteiger partial charge in [0, 0.05) is 39.3 Å². The highest BCUT2D eigenvalue weighted by atomic mass is 19.1. The SMILES string of the molecule is O[C@]1(COc2ccc(F)cc2)COCCN(Cc2ccc(OCCN3CCOCC3)cc2)C1. The van der Waals surface area contributed by atoms with E-state index in [0.717, 1.165) is 50.7 Å². The summed E-state index contributed by atoms with van der Waals surface area (Å²) in [6.45, 7) is 7.72. The summed E-state index contributed by atoms with van der Waals surface area (Å²) in [4.78, 5) is 4.51. The van der Waals surface area contributed by atoms with Crippen LogP contribution in [0.25, 0.3) is 0 Å². The van der Waals surface area contributed by atoms with Crippen LogP contribution < -0.4 is 9.47 Å². The Balaban J connectivity index is 1.25. The fourth-order valence-electron chi connectivity index (χ4n) is 4.03. The van der Waals surface area contributed by atoms with E-state index in [1.807, 2.05) is 12.1 Å². The summed E-state index contributed by atoms with van der Waals surface area (Å²) in [5.74, 6) is 1.05. The van der Waals surface area contributed by atoms with E-state index in [1.165, 1.54) is 12.1 Å². The smallest absolute Gasteiger partial charge is 0.134 e. The maximum absolute atomic E-state index is 13.1. The second-order valence-corrected chi connectivity index (χ2v) is 8.68. The van der Waals surface area contributed by atoms with Crippen molar-refractivity contribution < 1.29 is 28.4 Å². The van der Waals surface area contributed by atoms with Crippen LogP contribution in [-0.4, -0.2) is 92.9 Å². The highest BCUT2D eigenvalue weighted by molar-refractivity contribution is 5.27. The average molecular weight is 461 g/mol. The van der Waals surface area contributed by atoms with E-state index in [4.69, 9.17) is 18.9 Å². The zero-order valence-electron chi connectivity index (χ0n) is 19.0. The van der Waals surface area contributed by atoms with E-state index >= 15 is 0 Å². The third-order valence-corrected chi connectivity index (χ3v) is 5.87. The van der Waals surface area contributed by atoms with Crippen LogP contribution in [-0.2, 0) is 16.0 Å². The molecule has 0 aromatic heterocycles. The fourth-order valence-corrected chi connectivity index (χ4v) is 4.03. The van der Waals surface area contributed by atoms with E-state index in [9.17, 15) is 9.50 Å². The first-order valence-electron chi connectivity index (χ1n) is 11.5. The van der Waals surface area contributed by atoms with Crippen molar-refractivity contribution in [1.82, 2.24) is 9.80 Å². The molecule has 2 heterocycles. The highest BCUT2D eigenvalue weighted by Gasteiger charge is 2.33. The van der Waals surface area contributed by atoms with Crippen molar-refractivity contribution in [2.75, 3.05) is 72.4 Å². The van der Waals surface area contributed by atoms with Crippen LogP contribution in [0.5, 0.6) is 11.5 Å². The predicted molar refractivity (Wildman–Crippen MR) is 122 cm³/mol. The van der Waals surface area contributed by atoms with E-state index in [2.05, 4.69) is 21.9 Å². The Kier molecular flexibility index (Phi) is 8.52. The van der Waals surface area contributed by atoms with Gasteiger partial charge in [-0.1, -0.05) is 12.1 Å². The topological polar surface area (TPSA) is 63.6 Å². The van der Waals surface area contributed by atoms with Gasteiger partial charge in [0.1, 0.15) is 36.1 Å². The lowest BCUT2D eigenvalue weighted by Crippen LogP contribution is -2.48. The Morgan fingerprint density at radius 1 is 0.848 bits per heavy atom. The molecule has 0 unspecified atom stereocenters. The van der Waals surface area contributed by atoms with Crippen LogP contribution in [0.15, 0.2) is 48.5 Å². The van der Waals surface area contributed by atoms with Gasteiger partial charge in [-0.15, -0.1) is 0 Å². The Hall–Kier alpha value is -2.23. The summed E-state index contributed by atoms with van der Waals surface area (Å²) in [6, 6.07) is 13.9. The van der Waals surface area contributed by atoms with Gasteiger partial charge in [-0.2, -0.15) is 0 Å². The minimum atomic E-state index is -1.15. The number of rotatable bonds is 9. The number of hydrogen-bond donors (Lipinski definition) is 1. The molecule has 0 bridgehead atoms. The summed E-state index contributed by atoms with van der Waals surface area (Å²) < 4.78 is 35.7. The molecular formula is C25H33FN2O5. The van der Waals surface area contributed by atoms with E-state index < -0.39 is 5.60 Å². The minimum Gasteiger partial charge on any atom is -0.492 e. The second kappa shape index (κ2) is 11.8. The first kappa shape index (κ1) is 23.9. The maximum Gasteiger partial charge on any atom is 0.134 e. The first-order chi connectivity index (χ1) is 16.1. The number of nitrogens with zero attached hydrogens (tertiary/aromatic N) is 2. The second-order valence-electron chi connectivity index (χ2n) is 8.68. The van der Waals surface area contributed by atoms with Gasteiger partial charge in [-0.05, 0) is 42.0 Å². The molecule has 33 heavy (non-hydrogen) atoms. The maximum atomic E-state index is 13.1. The first-order valence-corrected chi connectivity index (χ1v) is 11.5. The molecular weight excluding hydrogens is 427 g/mol. The zero-order chi connectivity index (χ0) is 22.9. The molecule has 2 fully saturated rings. The van der Waals surface area contributed by atoms with E-state index in [-0.39, 0.29) is 19.0 Å². The Morgan fingerprint density at radius 3 is 2.24 bits per heavy atom. The molecule has 1 atom stereocenters. The van der Waals surface area contributed by atoms with Crippen molar-refractivity contribution in [3.63, 3.8) is 0 Å². The fraction of sp³-hybridized carbons (Fsp3) is 0.520. The number of aliphatic hydroxyl groups is 1. The van der Waals surface area contributed by atoms with Crippen molar-refractivity contribution in [2.24, 2.45) is 0 Å². The molecule has 0 aliphatic carbocycles. The number of hydrogen-bond acceptors (Lipinski definition) is 7. The minimum absolute atomic E-state index is 0.0745. The van der Waals surface area contributed by atoms with Gasteiger partial charge in [0.2, 0.25) is 0 Å². The van der Waals surface area contributed by atoms with Crippen molar-refractivity contribution in [2.45, 2.75) is 12.1 Å². The van der Waals surface area contributed by atoms with E-state index in [1.54, 1.807) is 12.1 Å². The molecule has 2 aromatic rings. The van der Waals surface area contributed by atoms with Crippen LogP contribution in [0.2, 0.25) is 0 Å². The number of ether oxygens (including phenoxy) is 4. The number of morpholine rings is 1. The molecule has 1 N–H and O–H groups in total. The molecule has 0 amide bonds. The Bertz CT molecular complexity index is 845. The van der Waals surface area contributed by atoms with Crippen molar-refractivity contribution in [3.8, 4) is 11.5 Å². The average Bonchev–Trinajstić information content (AvgIpc) is 3.02. The van der Waals surface area contributed by atoms with E-state index in [0.29, 0.717) is 32.1 Å². The molecule has 2 aromatic carbocycles. The quantitative estimate of drug-likeness (QED) is 0.616. The number of β-amino-alcohol motifs (C(OH)–C–C–N with tert-alkyl or cyclic N) is 1. The van der Waals surface area contributed by atoms with Crippen LogP contribution in [0.1, 0.15) is 5.56 Å². The molecule has 2 aliphatic heterocycles. The number of benzene rings is 2. The third kappa shape index (κ3) is 7.65. The zero-order valence-corrected chi connectivity index (χ0v) is 19.0. The van der Waals surface area contributed by atoms with Gasteiger partial charge in [0.15, 0.2) is 0 Å². The van der Waals surface area contributed by atoms with Gasteiger partial charge in [0.05, 0.1) is 26.4 Å². The molecule has 4 rings (SSSR count). The van der Waals surface area contributed by atoms with Crippen LogP contribution in [0.3, 0.4) is 0 Å². The van der Waals surface area contributed by atoms with Crippen LogP contribution in [0.4, 0.5) is 4.39 Å². The summed E-state index contributed by atoms with van der Waals surface area (Å²) in [5, 5.41) is 11.1. The van der Waals surface area contributed by atoms with Crippen LogP contribution in [0, 0.1) is 5.82 Å². The van der Waals surface area contributed by atoms with Gasteiger partial charge >= 0.3 is 0 Å². The third-order valence-electron chi connectivity index (χ3n) is 5.87. The van der Waals surface area contributed by atoms with Crippen molar-refractivity contribution in [3.05, 3.63) is 59.9 Å². The molecule has 2 aliphatic rings. The van der Waals surface area contributed by atoms with Crippen molar-refractivity contribution in [1.29, 1.82) is 0 Å². The largest absolute Gasteiger partial charge is 0.492 e. The molecule has 2 saturated heterocycles. The van der Waals surface area contributed by atoms with Crippen LogP contribution >= 0.6 is 0 Å². The molecule has 180 valence electrons. The lowest BCUT2D eigenvalue weighted by molar-refractivity contribution is -0.0646. The predicted octanol–water partition coefficient (Wildman–Crippen LogP) is 2.18. The highest BCUT2D eigenvalue weighted by Crippen LogP contribution is 2.20. The van der Waals surface area contributed by atoms with Crippen molar-refractivity contribution >= 4 is 0 Å². The summed E-state index contributed by atoms with van der Waals surface area (Å²) >= 11 is 0. The number of halogens is 1. The monoisotopic (exact) mass is 460 g/mol. The summed E-state index contributed by atoms with van der Waals surface area (Å²) in [6.07, 6.45) is 0. The Morgan fingerprint density at radius 2 is 1.48 bits per heavy atom. The van der Waals surface area contributed by atoms with Gasteiger partial charge in [-0.25, -0.2) is 4.39 Å². The molecule has 0 saturated carbocycles. The normalized spacial score (nSPS) is 22.6. The molecule has 7 nitrogen and oxygen atoms in total. The lowest BCUT2D eigenvalue weighted by atomic mass is 10.1. The Labute approximate surface area is 194 Å². The molecule has 0 spiro atoms.